The van der Waals surface area contributed by atoms with Gasteiger partial charge in [0.15, 0.2) is 11.5 Å². The number of amides is 1. The summed E-state index contributed by atoms with van der Waals surface area (Å²) in [5.74, 6) is -1.09. The Morgan fingerprint density at radius 1 is 1.04 bits per heavy atom. The third kappa shape index (κ3) is 4.26. The summed E-state index contributed by atoms with van der Waals surface area (Å²) in [6.07, 6.45) is 4.38. The summed E-state index contributed by atoms with van der Waals surface area (Å²) in [5, 5.41) is 2.62. The molecular weight excluding hydrogens is 328 g/mol. The lowest BCUT2D eigenvalue weighted by atomic mass is 10.2. The number of halogens is 2. The van der Waals surface area contributed by atoms with E-state index in [0.29, 0.717) is 17.2 Å². The molecule has 0 atom stereocenters. The fourth-order valence-corrected chi connectivity index (χ4v) is 2.92. The van der Waals surface area contributed by atoms with Gasteiger partial charge in [-0.25, -0.2) is 8.78 Å². The van der Waals surface area contributed by atoms with Gasteiger partial charge < -0.3 is 14.8 Å². The van der Waals surface area contributed by atoms with Crippen LogP contribution in [0, 0.1) is 11.6 Å². The molecule has 1 N–H and O–H groups in total. The van der Waals surface area contributed by atoms with Crippen molar-refractivity contribution in [2.45, 2.75) is 31.8 Å². The van der Waals surface area contributed by atoms with Crippen LogP contribution in [-0.4, -0.2) is 19.1 Å². The Balaban J connectivity index is 1.78. The van der Waals surface area contributed by atoms with Gasteiger partial charge in [-0.3, -0.25) is 4.79 Å². The maximum Gasteiger partial charge on any atom is 0.255 e. The monoisotopic (exact) mass is 347 g/mol. The van der Waals surface area contributed by atoms with E-state index in [-0.39, 0.29) is 11.7 Å². The van der Waals surface area contributed by atoms with Gasteiger partial charge in [-0.15, -0.1) is 0 Å². The van der Waals surface area contributed by atoms with Crippen molar-refractivity contribution in [3.8, 4) is 11.5 Å². The Labute approximate surface area is 144 Å². The Morgan fingerprint density at radius 2 is 1.72 bits per heavy atom. The number of carbonyl (C=O) groups excluding carboxylic acids is 1. The summed E-state index contributed by atoms with van der Waals surface area (Å²) < 4.78 is 37.8. The molecule has 0 radical (unpaired) electrons. The van der Waals surface area contributed by atoms with E-state index in [0.717, 1.165) is 43.9 Å². The molecule has 4 nitrogen and oxygen atoms in total. The second-order valence-electron chi connectivity index (χ2n) is 6.00. The highest BCUT2D eigenvalue weighted by Gasteiger charge is 2.19. The van der Waals surface area contributed by atoms with Crippen LogP contribution >= 0.6 is 0 Å². The first kappa shape index (κ1) is 17.2. The third-order valence-electron chi connectivity index (χ3n) is 4.14. The van der Waals surface area contributed by atoms with Crippen LogP contribution in [0.1, 0.15) is 36.0 Å². The fourth-order valence-electron chi connectivity index (χ4n) is 2.92. The quantitative estimate of drug-likeness (QED) is 0.863. The van der Waals surface area contributed by atoms with Crippen LogP contribution in [0.2, 0.25) is 0 Å². The number of hydrogen-bond donors (Lipinski definition) is 1. The van der Waals surface area contributed by atoms with E-state index in [9.17, 15) is 13.6 Å². The van der Waals surface area contributed by atoms with E-state index in [1.807, 2.05) is 0 Å². The number of carbonyl (C=O) groups is 1. The number of methoxy groups -OCH3 is 1. The van der Waals surface area contributed by atoms with Crippen LogP contribution in [0.25, 0.3) is 0 Å². The van der Waals surface area contributed by atoms with Crippen LogP contribution in [0.3, 0.4) is 0 Å². The molecule has 0 saturated heterocycles. The number of nitrogens with one attached hydrogen (secondary N) is 1. The molecule has 2 aromatic carbocycles. The van der Waals surface area contributed by atoms with Crippen molar-refractivity contribution in [1.82, 2.24) is 0 Å². The van der Waals surface area contributed by atoms with E-state index in [1.165, 1.54) is 0 Å². The predicted molar refractivity (Wildman–Crippen MR) is 90.2 cm³/mol. The normalized spacial score (nSPS) is 14.4. The fraction of sp³-hybridized carbons (Fsp3) is 0.316. The predicted octanol–water partition coefficient (Wildman–Crippen LogP) is 4.55. The zero-order valence-corrected chi connectivity index (χ0v) is 13.9. The Morgan fingerprint density at radius 3 is 2.36 bits per heavy atom. The van der Waals surface area contributed by atoms with Crippen LogP contribution in [0.5, 0.6) is 11.5 Å². The van der Waals surface area contributed by atoms with Gasteiger partial charge >= 0.3 is 0 Å². The topological polar surface area (TPSA) is 47.6 Å². The van der Waals surface area contributed by atoms with Crippen molar-refractivity contribution in [3.05, 3.63) is 53.6 Å². The van der Waals surface area contributed by atoms with E-state index in [4.69, 9.17) is 9.47 Å². The Hall–Kier alpha value is -2.63. The lowest BCUT2D eigenvalue weighted by Gasteiger charge is -2.17. The summed E-state index contributed by atoms with van der Waals surface area (Å²) in [5.41, 5.74) is 0.370. The molecule has 1 saturated carbocycles. The zero-order valence-electron chi connectivity index (χ0n) is 13.9. The standard InChI is InChI=1S/C19H19F2NO3/c1-24-17-7-6-15(11-18(17)25-16-4-2-3-5-16)22-19(23)12-8-13(20)10-14(21)9-12/h6-11,16H,2-5H2,1H3,(H,22,23). The lowest BCUT2D eigenvalue weighted by molar-refractivity contribution is 0.102. The molecule has 3 rings (SSSR count). The van der Waals surface area contributed by atoms with Gasteiger partial charge in [-0.2, -0.15) is 0 Å². The molecule has 132 valence electrons. The lowest BCUT2D eigenvalue weighted by Crippen LogP contribution is -2.14. The minimum atomic E-state index is -0.801. The van der Waals surface area contributed by atoms with Crippen LogP contribution in [0.4, 0.5) is 14.5 Å². The molecule has 0 aromatic heterocycles. The minimum absolute atomic E-state index is 0.0911. The summed E-state index contributed by atoms with van der Waals surface area (Å²) >= 11 is 0. The molecule has 25 heavy (non-hydrogen) atoms. The number of ether oxygens (including phenoxy) is 2. The maximum absolute atomic E-state index is 13.3. The first-order chi connectivity index (χ1) is 12.0. The number of rotatable bonds is 5. The van der Waals surface area contributed by atoms with E-state index in [1.54, 1.807) is 25.3 Å². The molecule has 0 spiro atoms. The molecule has 6 heteroatoms. The number of benzene rings is 2. The van der Waals surface area contributed by atoms with Gasteiger partial charge in [0, 0.05) is 23.4 Å². The highest BCUT2D eigenvalue weighted by atomic mass is 19.1. The van der Waals surface area contributed by atoms with Gasteiger partial charge in [-0.05, 0) is 49.9 Å². The molecular formula is C19H19F2NO3. The average molecular weight is 347 g/mol. The van der Waals surface area contributed by atoms with E-state index < -0.39 is 17.5 Å². The van der Waals surface area contributed by atoms with Crippen LogP contribution < -0.4 is 14.8 Å². The molecule has 1 aliphatic carbocycles. The molecule has 0 aliphatic heterocycles. The molecule has 0 heterocycles. The zero-order chi connectivity index (χ0) is 17.8. The molecule has 1 aliphatic rings. The van der Waals surface area contributed by atoms with Gasteiger partial charge in [0.1, 0.15) is 11.6 Å². The highest BCUT2D eigenvalue weighted by Crippen LogP contribution is 2.34. The molecule has 0 unspecified atom stereocenters. The van der Waals surface area contributed by atoms with Crippen molar-refractivity contribution in [1.29, 1.82) is 0 Å². The minimum Gasteiger partial charge on any atom is -0.493 e. The maximum atomic E-state index is 13.3. The molecule has 0 bridgehead atoms. The summed E-state index contributed by atoms with van der Waals surface area (Å²) in [4.78, 5) is 12.2. The SMILES string of the molecule is COc1ccc(NC(=O)c2cc(F)cc(F)c2)cc1OC1CCCC1. The third-order valence-corrected chi connectivity index (χ3v) is 4.14. The van der Waals surface area contributed by atoms with E-state index >= 15 is 0 Å². The van der Waals surface area contributed by atoms with Crippen LogP contribution in [0.15, 0.2) is 36.4 Å². The molecule has 1 fully saturated rings. The van der Waals surface area contributed by atoms with Crippen molar-refractivity contribution < 1.29 is 23.0 Å². The summed E-state index contributed by atoms with van der Waals surface area (Å²) in [6, 6.07) is 7.68. The highest BCUT2D eigenvalue weighted by molar-refractivity contribution is 6.04. The van der Waals surface area contributed by atoms with Crippen molar-refractivity contribution in [2.24, 2.45) is 0 Å². The second-order valence-corrected chi connectivity index (χ2v) is 6.00. The van der Waals surface area contributed by atoms with Gasteiger partial charge in [0.05, 0.1) is 13.2 Å². The van der Waals surface area contributed by atoms with Crippen molar-refractivity contribution >= 4 is 11.6 Å². The molecule has 1 amide bonds. The van der Waals surface area contributed by atoms with E-state index in [2.05, 4.69) is 5.32 Å². The largest absolute Gasteiger partial charge is 0.493 e. The first-order valence-corrected chi connectivity index (χ1v) is 8.17. The Bertz CT molecular complexity index is 753. The number of anilines is 1. The average Bonchev–Trinajstić information content (AvgIpc) is 3.07. The smallest absolute Gasteiger partial charge is 0.255 e. The van der Waals surface area contributed by atoms with Crippen LogP contribution in [-0.2, 0) is 0 Å². The van der Waals surface area contributed by atoms with Gasteiger partial charge in [0.2, 0.25) is 0 Å². The number of hydrogen-bond acceptors (Lipinski definition) is 3. The van der Waals surface area contributed by atoms with Gasteiger partial charge in [-0.1, -0.05) is 0 Å². The van der Waals surface area contributed by atoms with Crippen molar-refractivity contribution in [3.63, 3.8) is 0 Å². The summed E-state index contributed by atoms with van der Waals surface area (Å²) in [7, 11) is 1.55. The van der Waals surface area contributed by atoms with Crippen molar-refractivity contribution in [2.75, 3.05) is 12.4 Å². The second kappa shape index (κ2) is 7.51. The molecule has 2 aromatic rings. The summed E-state index contributed by atoms with van der Waals surface area (Å²) in [6.45, 7) is 0. The first-order valence-electron chi connectivity index (χ1n) is 8.17. The Kier molecular flexibility index (Phi) is 5.16. The van der Waals surface area contributed by atoms with Gasteiger partial charge in [0.25, 0.3) is 5.91 Å².